The third-order valence-corrected chi connectivity index (χ3v) is 3.56. The van der Waals surface area contributed by atoms with Crippen LogP contribution in [0.5, 0.6) is 0 Å². The third-order valence-electron chi connectivity index (χ3n) is 3.56. The summed E-state index contributed by atoms with van der Waals surface area (Å²) in [5.41, 5.74) is 1.80. The van der Waals surface area contributed by atoms with Gasteiger partial charge in [-0.1, -0.05) is 0 Å². The Balaban J connectivity index is 1.76. The molecule has 1 aromatic heterocycles. The van der Waals surface area contributed by atoms with Gasteiger partial charge in [0.2, 0.25) is 0 Å². The molecule has 1 fully saturated rings. The molecule has 0 atom stereocenters. The summed E-state index contributed by atoms with van der Waals surface area (Å²) in [6.07, 6.45) is 3.72. The van der Waals surface area contributed by atoms with Crippen LogP contribution < -0.4 is 10.2 Å². The summed E-state index contributed by atoms with van der Waals surface area (Å²) in [5, 5.41) is 11.8. The van der Waals surface area contributed by atoms with E-state index < -0.39 is 0 Å². The fourth-order valence-corrected chi connectivity index (χ4v) is 2.48. The maximum absolute atomic E-state index is 14.2. The zero-order valence-corrected chi connectivity index (χ0v) is 11.5. The van der Waals surface area contributed by atoms with Crippen molar-refractivity contribution in [1.29, 1.82) is 5.26 Å². The van der Waals surface area contributed by atoms with Crippen molar-refractivity contribution in [2.45, 2.75) is 12.8 Å². The van der Waals surface area contributed by atoms with Crippen molar-refractivity contribution < 1.29 is 4.39 Å². The predicted octanol–water partition coefficient (Wildman–Crippen LogP) is 3.44. The second kappa shape index (κ2) is 5.80. The van der Waals surface area contributed by atoms with Crippen molar-refractivity contribution in [3.8, 4) is 6.07 Å². The standard InChI is InChI=1S/C16H15FN4/c17-14-9-13(4-5-15(14)21-7-1-2-8-21)20-16-6-3-12(10-18)11-19-16/h3-6,9,11H,1-2,7-8H2,(H,19,20). The van der Waals surface area contributed by atoms with Gasteiger partial charge in [0.15, 0.2) is 0 Å². The SMILES string of the molecule is N#Cc1ccc(Nc2ccc(N3CCCC3)c(F)c2)nc1. The van der Waals surface area contributed by atoms with Crippen LogP contribution in [0, 0.1) is 17.1 Å². The van der Waals surface area contributed by atoms with E-state index in [1.807, 2.05) is 12.1 Å². The number of pyridine rings is 1. The van der Waals surface area contributed by atoms with Crippen LogP contribution in [0.4, 0.5) is 21.6 Å². The van der Waals surface area contributed by atoms with Crippen LogP contribution >= 0.6 is 0 Å². The highest BCUT2D eigenvalue weighted by Gasteiger charge is 2.16. The molecular formula is C16H15FN4. The second-order valence-corrected chi connectivity index (χ2v) is 5.03. The molecule has 3 rings (SSSR count). The Morgan fingerprint density at radius 2 is 2.00 bits per heavy atom. The van der Waals surface area contributed by atoms with E-state index in [1.165, 1.54) is 12.3 Å². The van der Waals surface area contributed by atoms with Crippen molar-refractivity contribution in [3.63, 3.8) is 0 Å². The molecule has 1 N–H and O–H groups in total. The lowest BCUT2D eigenvalue weighted by Crippen LogP contribution is -2.18. The van der Waals surface area contributed by atoms with Crippen LogP contribution in [0.3, 0.4) is 0 Å². The molecule has 1 aliphatic heterocycles. The van der Waals surface area contributed by atoms with E-state index >= 15 is 0 Å². The summed E-state index contributed by atoms with van der Waals surface area (Å²) >= 11 is 0. The monoisotopic (exact) mass is 282 g/mol. The van der Waals surface area contributed by atoms with Gasteiger partial charge in [0.05, 0.1) is 11.3 Å². The van der Waals surface area contributed by atoms with Crippen molar-refractivity contribution >= 4 is 17.2 Å². The fraction of sp³-hybridized carbons (Fsp3) is 0.250. The van der Waals surface area contributed by atoms with Crippen molar-refractivity contribution in [2.24, 2.45) is 0 Å². The molecule has 0 amide bonds. The lowest BCUT2D eigenvalue weighted by atomic mass is 10.2. The molecule has 0 radical (unpaired) electrons. The number of nitrogens with zero attached hydrogens (tertiary/aromatic N) is 3. The number of nitriles is 1. The highest BCUT2D eigenvalue weighted by atomic mass is 19.1. The summed E-state index contributed by atoms with van der Waals surface area (Å²) in [5.74, 6) is 0.359. The Hall–Kier alpha value is -2.61. The van der Waals surface area contributed by atoms with E-state index in [1.54, 1.807) is 18.2 Å². The van der Waals surface area contributed by atoms with Crippen LogP contribution in [0.1, 0.15) is 18.4 Å². The zero-order valence-electron chi connectivity index (χ0n) is 11.5. The number of anilines is 3. The number of nitrogens with one attached hydrogen (secondary N) is 1. The first-order valence-corrected chi connectivity index (χ1v) is 6.94. The zero-order chi connectivity index (χ0) is 14.7. The van der Waals surface area contributed by atoms with Crippen LogP contribution in [-0.4, -0.2) is 18.1 Å². The molecule has 0 spiro atoms. The minimum atomic E-state index is -0.226. The van der Waals surface area contributed by atoms with E-state index in [-0.39, 0.29) is 5.82 Å². The van der Waals surface area contributed by atoms with Gasteiger partial charge in [-0.05, 0) is 43.2 Å². The summed E-state index contributed by atoms with van der Waals surface area (Å²) < 4.78 is 14.2. The number of hydrogen-bond donors (Lipinski definition) is 1. The Morgan fingerprint density at radius 1 is 1.19 bits per heavy atom. The molecule has 1 aromatic carbocycles. The third kappa shape index (κ3) is 2.95. The molecule has 4 nitrogen and oxygen atoms in total. The average molecular weight is 282 g/mol. The molecule has 0 unspecified atom stereocenters. The van der Waals surface area contributed by atoms with Crippen molar-refractivity contribution in [3.05, 3.63) is 47.9 Å². The first kappa shape index (κ1) is 13.4. The Labute approximate surface area is 122 Å². The van der Waals surface area contributed by atoms with Gasteiger partial charge in [0.1, 0.15) is 17.7 Å². The van der Waals surface area contributed by atoms with Crippen LogP contribution in [0.2, 0.25) is 0 Å². The highest BCUT2D eigenvalue weighted by Crippen LogP contribution is 2.27. The van der Waals surface area contributed by atoms with Crippen molar-refractivity contribution in [1.82, 2.24) is 4.98 Å². The molecule has 106 valence electrons. The smallest absolute Gasteiger partial charge is 0.148 e. The van der Waals surface area contributed by atoms with E-state index in [2.05, 4.69) is 15.2 Å². The second-order valence-electron chi connectivity index (χ2n) is 5.03. The number of hydrogen-bond acceptors (Lipinski definition) is 4. The fourth-order valence-electron chi connectivity index (χ4n) is 2.48. The lowest BCUT2D eigenvalue weighted by Gasteiger charge is -2.19. The van der Waals surface area contributed by atoms with Gasteiger partial charge in [-0.25, -0.2) is 9.37 Å². The number of benzene rings is 1. The first-order valence-electron chi connectivity index (χ1n) is 6.94. The summed E-state index contributed by atoms with van der Waals surface area (Å²) in [6, 6.07) is 10.5. The minimum absolute atomic E-state index is 0.226. The van der Waals surface area contributed by atoms with Gasteiger partial charge in [-0.2, -0.15) is 5.26 Å². The molecule has 5 heteroatoms. The van der Waals surface area contributed by atoms with Crippen molar-refractivity contribution in [2.75, 3.05) is 23.3 Å². The van der Waals surface area contributed by atoms with E-state index in [0.29, 0.717) is 22.8 Å². The van der Waals surface area contributed by atoms with Gasteiger partial charge < -0.3 is 10.2 Å². The Morgan fingerprint density at radius 3 is 2.62 bits per heavy atom. The average Bonchev–Trinajstić information content (AvgIpc) is 3.02. The van der Waals surface area contributed by atoms with Gasteiger partial charge in [-0.15, -0.1) is 0 Å². The molecule has 1 saturated heterocycles. The lowest BCUT2D eigenvalue weighted by molar-refractivity contribution is 0.623. The van der Waals surface area contributed by atoms with E-state index in [4.69, 9.17) is 5.26 Å². The minimum Gasteiger partial charge on any atom is -0.369 e. The Kier molecular flexibility index (Phi) is 3.69. The maximum atomic E-state index is 14.2. The predicted molar refractivity (Wildman–Crippen MR) is 80.1 cm³/mol. The number of rotatable bonds is 3. The number of aromatic nitrogens is 1. The highest BCUT2D eigenvalue weighted by molar-refractivity contribution is 5.62. The molecule has 0 aliphatic carbocycles. The molecule has 2 heterocycles. The van der Waals surface area contributed by atoms with E-state index in [9.17, 15) is 4.39 Å². The van der Waals surface area contributed by atoms with Crippen LogP contribution in [-0.2, 0) is 0 Å². The van der Waals surface area contributed by atoms with Crippen LogP contribution in [0.15, 0.2) is 36.5 Å². The Bertz CT molecular complexity index is 670. The summed E-state index contributed by atoms with van der Waals surface area (Å²) in [6.45, 7) is 1.84. The molecular weight excluding hydrogens is 267 g/mol. The largest absolute Gasteiger partial charge is 0.369 e. The summed E-state index contributed by atoms with van der Waals surface area (Å²) in [7, 11) is 0. The quantitative estimate of drug-likeness (QED) is 0.937. The molecule has 0 saturated carbocycles. The van der Waals surface area contributed by atoms with Gasteiger partial charge in [-0.3, -0.25) is 0 Å². The number of halogens is 1. The van der Waals surface area contributed by atoms with Gasteiger partial charge in [0.25, 0.3) is 0 Å². The molecule has 2 aromatic rings. The molecule has 21 heavy (non-hydrogen) atoms. The summed E-state index contributed by atoms with van der Waals surface area (Å²) in [4.78, 5) is 6.18. The van der Waals surface area contributed by atoms with Gasteiger partial charge >= 0.3 is 0 Å². The molecule has 0 bridgehead atoms. The van der Waals surface area contributed by atoms with E-state index in [0.717, 1.165) is 25.9 Å². The van der Waals surface area contributed by atoms with Crippen LogP contribution in [0.25, 0.3) is 0 Å². The maximum Gasteiger partial charge on any atom is 0.148 e. The molecule has 1 aliphatic rings. The first-order chi connectivity index (χ1) is 10.3. The topological polar surface area (TPSA) is 52.0 Å². The normalized spacial score (nSPS) is 14.0. The van der Waals surface area contributed by atoms with Gasteiger partial charge in [0, 0.05) is 25.0 Å².